The lowest BCUT2D eigenvalue weighted by Gasteiger charge is -2.29. The van der Waals surface area contributed by atoms with Gasteiger partial charge in [-0.15, -0.1) is 0 Å². The molecule has 0 aromatic heterocycles. The van der Waals surface area contributed by atoms with Crippen LogP contribution in [0.25, 0.3) is 0 Å². The van der Waals surface area contributed by atoms with Crippen LogP contribution in [0.3, 0.4) is 0 Å². The number of morpholine rings is 1. The van der Waals surface area contributed by atoms with Gasteiger partial charge in [-0.2, -0.15) is 11.8 Å². The van der Waals surface area contributed by atoms with Gasteiger partial charge in [-0.05, 0) is 23.4 Å². The first kappa shape index (κ1) is 14.7. The lowest BCUT2D eigenvalue weighted by molar-refractivity contribution is 0.122. The van der Waals surface area contributed by atoms with Crippen LogP contribution in [0.5, 0.6) is 0 Å². The Morgan fingerprint density at radius 2 is 2.16 bits per heavy atom. The molecule has 3 nitrogen and oxygen atoms in total. The third-order valence-electron chi connectivity index (χ3n) is 3.24. The van der Waals surface area contributed by atoms with E-state index in [0.717, 1.165) is 39.4 Å². The zero-order chi connectivity index (χ0) is 13.3. The summed E-state index contributed by atoms with van der Waals surface area (Å²) < 4.78 is 5.40. The predicted octanol–water partition coefficient (Wildman–Crippen LogP) is 2.37. The van der Waals surface area contributed by atoms with Crippen molar-refractivity contribution in [1.82, 2.24) is 5.32 Å². The van der Waals surface area contributed by atoms with Crippen molar-refractivity contribution in [2.24, 2.45) is 0 Å². The lowest BCUT2D eigenvalue weighted by Crippen LogP contribution is -2.36. The van der Waals surface area contributed by atoms with Gasteiger partial charge in [0.25, 0.3) is 0 Å². The van der Waals surface area contributed by atoms with Crippen LogP contribution in [0, 0.1) is 0 Å². The van der Waals surface area contributed by atoms with Gasteiger partial charge in [0.1, 0.15) is 0 Å². The lowest BCUT2D eigenvalue weighted by atomic mass is 10.2. The molecule has 4 heteroatoms. The normalized spacial score (nSPS) is 15.7. The Morgan fingerprint density at radius 3 is 2.95 bits per heavy atom. The molecule has 1 fully saturated rings. The Hall–Kier alpha value is -0.710. The smallest absolute Gasteiger partial charge is 0.0642 e. The standard InChI is InChI=1S/C15H24N2OS/c1-2-19-11-6-16-13-14-4-3-5-15(12-14)17-7-9-18-10-8-17/h3-5,12,16H,2,6-11,13H2,1H3. The molecule has 1 heterocycles. The van der Waals surface area contributed by atoms with E-state index in [9.17, 15) is 0 Å². The Balaban J connectivity index is 1.81. The SMILES string of the molecule is CCSCCNCc1cccc(N2CCOCC2)c1. The molecule has 0 bridgehead atoms. The van der Waals surface area contributed by atoms with Gasteiger partial charge in [0.2, 0.25) is 0 Å². The van der Waals surface area contributed by atoms with Crippen LogP contribution in [-0.4, -0.2) is 44.4 Å². The van der Waals surface area contributed by atoms with Crippen LogP contribution >= 0.6 is 11.8 Å². The minimum atomic E-state index is 0.844. The number of hydrogen-bond donors (Lipinski definition) is 1. The summed E-state index contributed by atoms with van der Waals surface area (Å²) in [6, 6.07) is 8.85. The second-order valence-electron chi connectivity index (χ2n) is 4.64. The summed E-state index contributed by atoms with van der Waals surface area (Å²) in [6.45, 7) is 7.95. The maximum Gasteiger partial charge on any atom is 0.0642 e. The minimum absolute atomic E-state index is 0.844. The van der Waals surface area contributed by atoms with Crippen LogP contribution in [0.1, 0.15) is 12.5 Å². The number of thioether (sulfide) groups is 1. The average Bonchev–Trinajstić information content (AvgIpc) is 2.48. The maximum absolute atomic E-state index is 5.40. The summed E-state index contributed by atoms with van der Waals surface area (Å²) in [5.41, 5.74) is 2.69. The topological polar surface area (TPSA) is 24.5 Å². The van der Waals surface area contributed by atoms with E-state index >= 15 is 0 Å². The van der Waals surface area contributed by atoms with Gasteiger partial charge in [0, 0.05) is 37.6 Å². The summed E-state index contributed by atoms with van der Waals surface area (Å²) in [5, 5.41) is 3.50. The Kier molecular flexibility index (Phi) is 6.54. The molecule has 19 heavy (non-hydrogen) atoms. The fraction of sp³-hybridized carbons (Fsp3) is 0.600. The zero-order valence-corrected chi connectivity index (χ0v) is 12.5. The van der Waals surface area contributed by atoms with Crippen molar-refractivity contribution in [3.8, 4) is 0 Å². The van der Waals surface area contributed by atoms with E-state index in [2.05, 4.69) is 41.4 Å². The molecule has 1 aliphatic rings. The molecule has 0 radical (unpaired) electrons. The molecule has 1 aliphatic heterocycles. The highest BCUT2D eigenvalue weighted by Crippen LogP contribution is 2.17. The number of rotatable bonds is 7. The third kappa shape index (κ3) is 5.05. The molecule has 0 atom stereocenters. The van der Waals surface area contributed by atoms with E-state index in [0.29, 0.717) is 0 Å². The van der Waals surface area contributed by atoms with Crippen molar-refractivity contribution >= 4 is 17.4 Å². The first-order valence-electron chi connectivity index (χ1n) is 7.10. The fourth-order valence-electron chi connectivity index (χ4n) is 2.21. The van der Waals surface area contributed by atoms with Crippen LogP contribution in [-0.2, 0) is 11.3 Å². The first-order valence-corrected chi connectivity index (χ1v) is 8.25. The summed E-state index contributed by atoms with van der Waals surface area (Å²) in [7, 11) is 0. The molecule has 1 aromatic rings. The Labute approximate surface area is 120 Å². The van der Waals surface area contributed by atoms with Gasteiger partial charge in [-0.1, -0.05) is 19.1 Å². The van der Waals surface area contributed by atoms with E-state index < -0.39 is 0 Å². The fourth-order valence-corrected chi connectivity index (χ4v) is 2.78. The summed E-state index contributed by atoms with van der Waals surface area (Å²) in [4.78, 5) is 2.40. The van der Waals surface area contributed by atoms with Gasteiger partial charge in [0.15, 0.2) is 0 Å². The highest BCUT2D eigenvalue weighted by molar-refractivity contribution is 7.99. The van der Waals surface area contributed by atoms with Crippen molar-refractivity contribution in [2.45, 2.75) is 13.5 Å². The molecule has 0 unspecified atom stereocenters. The van der Waals surface area contributed by atoms with E-state index in [-0.39, 0.29) is 0 Å². The van der Waals surface area contributed by atoms with E-state index in [1.807, 2.05) is 11.8 Å². The van der Waals surface area contributed by atoms with Crippen LogP contribution < -0.4 is 10.2 Å². The molecule has 0 spiro atoms. The van der Waals surface area contributed by atoms with Crippen molar-refractivity contribution in [1.29, 1.82) is 0 Å². The molecule has 1 N–H and O–H groups in total. The van der Waals surface area contributed by atoms with Crippen LogP contribution in [0.4, 0.5) is 5.69 Å². The van der Waals surface area contributed by atoms with Crippen molar-refractivity contribution in [2.75, 3.05) is 49.3 Å². The molecular formula is C15H24N2OS. The van der Waals surface area contributed by atoms with Gasteiger partial charge in [0.05, 0.1) is 13.2 Å². The number of nitrogens with one attached hydrogen (secondary N) is 1. The van der Waals surface area contributed by atoms with E-state index in [4.69, 9.17) is 4.74 Å². The molecule has 2 rings (SSSR count). The Morgan fingerprint density at radius 1 is 1.32 bits per heavy atom. The molecule has 106 valence electrons. The molecule has 0 saturated carbocycles. The van der Waals surface area contributed by atoms with E-state index in [1.54, 1.807) is 0 Å². The summed E-state index contributed by atoms with van der Waals surface area (Å²) in [6.07, 6.45) is 0. The second-order valence-corrected chi connectivity index (χ2v) is 6.04. The third-order valence-corrected chi connectivity index (χ3v) is 4.14. The zero-order valence-electron chi connectivity index (χ0n) is 11.7. The van der Waals surface area contributed by atoms with Gasteiger partial charge in [-0.3, -0.25) is 0 Å². The monoisotopic (exact) mass is 280 g/mol. The molecular weight excluding hydrogens is 256 g/mol. The van der Waals surface area contributed by atoms with Crippen LogP contribution in [0.15, 0.2) is 24.3 Å². The summed E-state index contributed by atoms with van der Waals surface area (Å²) >= 11 is 1.98. The molecule has 0 amide bonds. The number of hydrogen-bond acceptors (Lipinski definition) is 4. The number of ether oxygens (including phenoxy) is 1. The molecule has 1 saturated heterocycles. The first-order chi connectivity index (χ1) is 9.40. The maximum atomic E-state index is 5.40. The molecule has 1 aromatic carbocycles. The average molecular weight is 280 g/mol. The largest absolute Gasteiger partial charge is 0.378 e. The predicted molar refractivity (Wildman–Crippen MR) is 84.2 cm³/mol. The van der Waals surface area contributed by atoms with Crippen LogP contribution in [0.2, 0.25) is 0 Å². The van der Waals surface area contributed by atoms with Crippen molar-refractivity contribution in [3.05, 3.63) is 29.8 Å². The number of nitrogens with zero attached hydrogens (tertiary/aromatic N) is 1. The molecule has 0 aliphatic carbocycles. The Bertz CT molecular complexity index is 367. The summed E-state index contributed by atoms with van der Waals surface area (Å²) in [5.74, 6) is 2.40. The quantitative estimate of drug-likeness (QED) is 0.775. The highest BCUT2D eigenvalue weighted by Gasteiger charge is 2.10. The number of anilines is 1. The second kappa shape index (κ2) is 8.46. The van der Waals surface area contributed by atoms with Crippen molar-refractivity contribution < 1.29 is 4.74 Å². The highest BCUT2D eigenvalue weighted by atomic mass is 32.2. The number of benzene rings is 1. The van der Waals surface area contributed by atoms with Gasteiger partial charge < -0.3 is 15.0 Å². The minimum Gasteiger partial charge on any atom is -0.378 e. The van der Waals surface area contributed by atoms with E-state index in [1.165, 1.54) is 22.8 Å². The van der Waals surface area contributed by atoms with Crippen molar-refractivity contribution in [3.63, 3.8) is 0 Å². The van der Waals surface area contributed by atoms with Gasteiger partial charge >= 0.3 is 0 Å². The van der Waals surface area contributed by atoms with Gasteiger partial charge in [-0.25, -0.2) is 0 Å².